The molecule has 2 N–H and O–H groups in total. The number of aromatic nitrogens is 2. The Bertz CT molecular complexity index is 526. The van der Waals surface area contributed by atoms with Gasteiger partial charge in [0.05, 0.1) is 0 Å². The number of carbonyl (C=O) groups excluding carboxylic acids is 1. The van der Waals surface area contributed by atoms with Gasteiger partial charge in [0.15, 0.2) is 0 Å². The third-order valence-corrected chi connectivity index (χ3v) is 3.69. The van der Waals surface area contributed by atoms with Crippen LogP contribution in [0.25, 0.3) is 0 Å². The molecule has 1 aliphatic heterocycles. The van der Waals surface area contributed by atoms with Crippen LogP contribution >= 0.6 is 0 Å². The molecular weight excluding hydrogens is 244 g/mol. The molecule has 0 aromatic carbocycles. The molecule has 0 radical (unpaired) electrons. The van der Waals surface area contributed by atoms with Crippen molar-refractivity contribution < 1.29 is 4.79 Å². The normalized spacial score (nSPS) is 23.4. The van der Waals surface area contributed by atoms with Crippen molar-refractivity contribution in [1.82, 2.24) is 14.7 Å². The predicted molar refractivity (Wildman–Crippen MR) is 71.8 cm³/mol. The summed E-state index contributed by atoms with van der Waals surface area (Å²) >= 11 is 0. The van der Waals surface area contributed by atoms with Crippen LogP contribution in [0.15, 0.2) is 16.9 Å². The number of nitrogens with zero attached hydrogens (tertiary/aromatic N) is 3. The van der Waals surface area contributed by atoms with Gasteiger partial charge in [-0.1, -0.05) is 6.92 Å². The van der Waals surface area contributed by atoms with Gasteiger partial charge >= 0.3 is 0 Å². The molecule has 1 amide bonds. The standard InChI is InChI=1S/C13H20N4O2/c1-9-5-6-17(10(7-9)8-14)13(19)11-3-4-12(18)16(2)15-11/h3-4,9-10H,5-8,14H2,1-2H3. The van der Waals surface area contributed by atoms with Gasteiger partial charge in [-0.05, 0) is 24.8 Å². The van der Waals surface area contributed by atoms with Crippen LogP contribution in [-0.4, -0.2) is 39.7 Å². The molecule has 6 nitrogen and oxygen atoms in total. The van der Waals surface area contributed by atoms with Crippen molar-refractivity contribution in [1.29, 1.82) is 0 Å². The summed E-state index contributed by atoms with van der Waals surface area (Å²) in [5.74, 6) is 0.448. The van der Waals surface area contributed by atoms with E-state index in [9.17, 15) is 9.59 Å². The van der Waals surface area contributed by atoms with Crippen LogP contribution < -0.4 is 11.3 Å². The first-order valence-corrected chi connectivity index (χ1v) is 6.58. The minimum atomic E-state index is -0.223. The summed E-state index contributed by atoms with van der Waals surface area (Å²) in [4.78, 5) is 25.5. The molecule has 104 valence electrons. The van der Waals surface area contributed by atoms with Crippen LogP contribution in [-0.2, 0) is 7.05 Å². The van der Waals surface area contributed by atoms with E-state index in [4.69, 9.17) is 5.73 Å². The lowest BCUT2D eigenvalue weighted by Crippen LogP contribution is -2.49. The van der Waals surface area contributed by atoms with Crippen molar-refractivity contribution in [2.45, 2.75) is 25.8 Å². The second kappa shape index (κ2) is 5.52. The Labute approximate surface area is 112 Å². The summed E-state index contributed by atoms with van der Waals surface area (Å²) in [7, 11) is 1.54. The number of nitrogens with two attached hydrogens (primary N) is 1. The van der Waals surface area contributed by atoms with Gasteiger partial charge in [0.2, 0.25) is 0 Å². The molecule has 0 bridgehead atoms. The molecule has 0 aliphatic carbocycles. The Balaban J connectivity index is 2.22. The van der Waals surface area contributed by atoms with Crippen molar-refractivity contribution in [3.05, 3.63) is 28.2 Å². The summed E-state index contributed by atoms with van der Waals surface area (Å²) in [5, 5.41) is 4.01. The van der Waals surface area contributed by atoms with Crippen LogP contribution in [0.3, 0.4) is 0 Å². The molecule has 1 fully saturated rings. The first-order valence-electron chi connectivity index (χ1n) is 6.58. The summed E-state index contributed by atoms with van der Waals surface area (Å²) in [6.45, 7) is 3.34. The maximum Gasteiger partial charge on any atom is 0.274 e. The zero-order valence-corrected chi connectivity index (χ0v) is 11.4. The lowest BCUT2D eigenvalue weighted by atomic mass is 9.92. The van der Waals surface area contributed by atoms with Crippen molar-refractivity contribution in [3.8, 4) is 0 Å². The van der Waals surface area contributed by atoms with E-state index in [1.54, 1.807) is 4.90 Å². The van der Waals surface area contributed by atoms with Crippen LogP contribution in [0.5, 0.6) is 0 Å². The van der Waals surface area contributed by atoms with E-state index < -0.39 is 0 Å². The fraction of sp³-hybridized carbons (Fsp3) is 0.615. The van der Waals surface area contributed by atoms with E-state index >= 15 is 0 Å². The number of hydrogen-bond acceptors (Lipinski definition) is 4. The van der Waals surface area contributed by atoms with E-state index in [0.717, 1.165) is 12.8 Å². The van der Waals surface area contributed by atoms with Gasteiger partial charge in [-0.2, -0.15) is 5.10 Å². The topological polar surface area (TPSA) is 81.2 Å². The Hall–Kier alpha value is -1.69. The first-order chi connectivity index (χ1) is 9.02. The number of likely N-dealkylation sites (tertiary alicyclic amines) is 1. The molecule has 2 unspecified atom stereocenters. The molecule has 1 saturated heterocycles. The number of hydrogen-bond donors (Lipinski definition) is 1. The van der Waals surface area contributed by atoms with Crippen molar-refractivity contribution in [2.75, 3.05) is 13.1 Å². The fourth-order valence-electron chi connectivity index (χ4n) is 2.51. The summed E-state index contributed by atoms with van der Waals surface area (Å²) < 4.78 is 1.18. The second-order valence-electron chi connectivity index (χ2n) is 5.20. The highest BCUT2D eigenvalue weighted by Gasteiger charge is 2.30. The number of rotatable bonds is 2. The highest BCUT2D eigenvalue weighted by molar-refractivity contribution is 5.92. The van der Waals surface area contributed by atoms with Crippen LogP contribution in [0.2, 0.25) is 0 Å². The second-order valence-corrected chi connectivity index (χ2v) is 5.20. The van der Waals surface area contributed by atoms with Crippen LogP contribution in [0.4, 0.5) is 0 Å². The van der Waals surface area contributed by atoms with E-state index in [2.05, 4.69) is 12.0 Å². The average molecular weight is 264 g/mol. The van der Waals surface area contributed by atoms with E-state index in [1.165, 1.54) is 23.9 Å². The Morgan fingerprint density at radius 2 is 2.26 bits per heavy atom. The minimum absolute atomic E-state index is 0.0651. The van der Waals surface area contributed by atoms with Crippen molar-refractivity contribution in [2.24, 2.45) is 18.7 Å². The molecular formula is C13H20N4O2. The highest BCUT2D eigenvalue weighted by Crippen LogP contribution is 2.23. The first kappa shape index (κ1) is 13.7. The fourth-order valence-corrected chi connectivity index (χ4v) is 2.51. The maximum atomic E-state index is 12.4. The van der Waals surface area contributed by atoms with Gasteiger partial charge in [-0.3, -0.25) is 9.59 Å². The SMILES string of the molecule is CC1CCN(C(=O)c2ccc(=O)n(C)n2)C(CN)C1. The van der Waals surface area contributed by atoms with Crippen LogP contribution in [0, 0.1) is 5.92 Å². The molecule has 2 rings (SSSR count). The molecule has 6 heteroatoms. The van der Waals surface area contributed by atoms with Crippen LogP contribution in [0.1, 0.15) is 30.3 Å². The monoisotopic (exact) mass is 264 g/mol. The molecule has 0 spiro atoms. The quantitative estimate of drug-likeness (QED) is 0.814. The molecule has 1 aromatic rings. The summed E-state index contributed by atoms with van der Waals surface area (Å²) in [6, 6.07) is 2.91. The van der Waals surface area contributed by atoms with Gasteiger partial charge in [0.1, 0.15) is 5.69 Å². The molecule has 0 saturated carbocycles. The maximum absolute atomic E-state index is 12.4. The summed E-state index contributed by atoms with van der Waals surface area (Å²) in [6.07, 6.45) is 1.90. The average Bonchev–Trinajstić information content (AvgIpc) is 2.41. The van der Waals surface area contributed by atoms with E-state index in [1.807, 2.05) is 0 Å². The van der Waals surface area contributed by atoms with Gasteiger partial charge in [-0.25, -0.2) is 4.68 Å². The molecule has 2 atom stereocenters. The number of aryl methyl sites for hydroxylation is 1. The highest BCUT2D eigenvalue weighted by atomic mass is 16.2. The third-order valence-electron chi connectivity index (χ3n) is 3.69. The molecule has 1 aliphatic rings. The zero-order valence-electron chi connectivity index (χ0n) is 11.4. The van der Waals surface area contributed by atoms with Gasteiger partial charge in [0.25, 0.3) is 11.5 Å². The Kier molecular flexibility index (Phi) is 3.99. The lowest BCUT2D eigenvalue weighted by molar-refractivity contribution is 0.0565. The Morgan fingerprint density at radius 1 is 1.53 bits per heavy atom. The van der Waals surface area contributed by atoms with E-state index in [0.29, 0.717) is 24.7 Å². The molecule has 19 heavy (non-hydrogen) atoms. The smallest absolute Gasteiger partial charge is 0.274 e. The number of amides is 1. The summed E-state index contributed by atoms with van der Waals surface area (Å²) in [5.41, 5.74) is 5.83. The Morgan fingerprint density at radius 3 is 2.89 bits per heavy atom. The predicted octanol–water partition coefficient (Wildman–Crippen LogP) is -0.0203. The van der Waals surface area contributed by atoms with Gasteiger partial charge in [-0.15, -0.1) is 0 Å². The molecule has 2 heterocycles. The van der Waals surface area contributed by atoms with Gasteiger partial charge < -0.3 is 10.6 Å². The third kappa shape index (κ3) is 2.84. The lowest BCUT2D eigenvalue weighted by Gasteiger charge is -2.37. The van der Waals surface area contributed by atoms with Crippen molar-refractivity contribution >= 4 is 5.91 Å². The van der Waals surface area contributed by atoms with Crippen molar-refractivity contribution in [3.63, 3.8) is 0 Å². The van der Waals surface area contributed by atoms with Gasteiger partial charge in [0, 0.05) is 32.2 Å². The number of piperidine rings is 1. The molecule has 1 aromatic heterocycles. The zero-order chi connectivity index (χ0) is 14.0. The van der Waals surface area contributed by atoms with E-state index in [-0.39, 0.29) is 17.5 Å². The largest absolute Gasteiger partial charge is 0.333 e. The minimum Gasteiger partial charge on any atom is -0.333 e. The number of carbonyl (C=O) groups is 1.